The van der Waals surface area contributed by atoms with Crippen molar-refractivity contribution < 1.29 is 42.5 Å². The van der Waals surface area contributed by atoms with Crippen LogP contribution >= 0.6 is 0 Å². The fourth-order valence-electron chi connectivity index (χ4n) is 2.59. The monoisotopic (exact) mass is 502 g/mol. The molecule has 2 aromatic rings. The predicted molar refractivity (Wildman–Crippen MR) is 122 cm³/mol. The molecule has 0 spiro atoms. The Morgan fingerprint density at radius 1 is 0.889 bits per heavy atom. The molecule has 0 aliphatic heterocycles. The fraction of sp³-hybridized carbons (Fsp3) is 0.250. The van der Waals surface area contributed by atoms with Crippen molar-refractivity contribution in [2.45, 2.75) is 26.7 Å². The highest BCUT2D eigenvalue weighted by Crippen LogP contribution is 2.13. The molecule has 10 nitrogen and oxygen atoms in total. The van der Waals surface area contributed by atoms with Gasteiger partial charge in [0.15, 0.2) is 0 Å². The number of hydrogen-bond donors (Lipinski definition) is 2. The molecule has 2 aromatic carbocycles. The molecule has 0 saturated heterocycles. The van der Waals surface area contributed by atoms with Crippen LogP contribution in [0.2, 0.25) is 0 Å². The molecule has 0 aliphatic rings. The lowest BCUT2D eigenvalue weighted by Gasteiger charge is -2.05. The fourth-order valence-corrected chi connectivity index (χ4v) is 2.59. The second kappa shape index (κ2) is 15.4. The second-order valence-electron chi connectivity index (χ2n) is 6.83. The van der Waals surface area contributed by atoms with E-state index < -0.39 is 40.8 Å². The van der Waals surface area contributed by atoms with E-state index in [-0.39, 0.29) is 31.8 Å². The third kappa shape index (κ3) is 9.74. The maximum Gasteiger partial charge on any atom is 0.441 e. The molecule has 2 rings (SSSR count). The molecule has 0 bridgehead atoms. The molecular formula is C24H24F2N4O6. The molecule has 0 aromatic heterocycles. The van der Waals surface area contributed by atoms with Crippen LogP contribution in [0, 0.1) is 17.2 Å². The van der Waals surface area contributed by atoms with Gasteiger partial charge < -0.3 is 20.1 Å². The molecule has 190 valence electrons. The van der Waals surface area contributed by atoms with E-state index in [1.165, 1.54) is 48.5 Å². The molecule has 0 saturated carbocycles. The number of Topliss-reactive ketones (excluding diaryl/α,β-unsaturated/α-hetero) is 1. The summed E-state index contributed by atoms with van der Waals surface area (Å²) in [5.74, 6) is -3.72. The third-order valence-corrected chi connectivity index (χ3v) is 4.25. The summed E-state index contributed by atoms with van der Waals surface area (Å²) < 4.78 is 34.5. The maximum atomic E-state index is 12.7. The van der Waals surface area contributed by atoms with Crippen LogP contribution in [-0.2, 0) is 36.7 Å². The quantitative estimate of drug-likeness (QED) is 0.0952. The maximum absolute atomic E-state index is 12.7. The lowest BCUT2D eigenvalue weighted by molar-refractivity contribution is -0.142. The number of nitrogens with one attached hydrogen (secondary N) is 1. The largest absolute Gasteiger partial charge is 0.509 e. The summed E-state index contributed by atoms with van der Waals surface area (Å²) in [7, 11) is 0. The molecule has 0 unspecified atom stereocenters. The number of rotatable bonds is 10. The molecule has 0 heterocycles. The van der Waals surface area contributed by atoms with Crippen LogP contribution in [0.3, 0.4) is 0 Å². The van der Waals surface area contributed by atoms with Crippen molar-refractivity contribution in [2.24, 2.45) is 5.11 Å². The number of aliphatic hydroxyl groups excluding tert-OH is 1. The average molecular weight is 502 g/mol. The molecule has 0 fully saturated rings. The highest BCUT2D eigenvalue weighted by atomic mass is 19.1. The highest BCUT2D eigenvalue weighted by Gasteiger charge is 2.30. The zero-order valence-electron chi connectivity index (χ0n) is 19.5. The number of carbonyl (C=O) groups excluding carboxylic acids is 3. The summed E-state index contributed by atoms with van der Waals surface area (Å²) in [6, 6.07) is 10.6. The van der Waals surface area contributed by atoms with Gasteiger partial charge in [-0.15, -0.1) is 5.11 Å². The molecule has 0 radical (unpaired) electrons. The van der Waals surface area contributed by atoms with E-state index >= 15 is 0 Å². The van der Waals surface area contributed by atoms with Gasteiger partial charge >= 0.3 is 17.7 Å². The van der Waals surface area contributed by atoms with Gasteiger partial charge in [-0.05, 0) is 49.2 Å². The number of ether oxygens (including phenoxy) is 2. The highest BCUT2D eigenvalue weighted by molar-refractivity contribution is 6.62. The number of carbonyl (C=O) groups is 3. The molecule has 0 aliphatic carbocycles. The van der Waals surface area contributed by atoms with Gasteiger partial charge in [-0.2, -0.15) is 4.79 Å². The van der Waals surface area contributed by atoms with Gasteiger partial charge in [-0.25, -0.2) is 23.9 Å². The predicted octanol–water partition coefficient (Wildman–Crippen LogP) is 3.90. The lowest BCUT2D eigenvalue weighted by atomic mass is 10.1. The smallest absolute Gasteiger partial charge is 0.441 e. The third-order valence-electron chi connectivity index (χ3n) is 4.25. The zero-order valence-corrected chi connectivity index (χ0v) is 19.5. The number of allylic oxidation sites excluding steroid dienone is 1. The number of esters is 2. The Balaban J connectivity index is 0.000000360. The minimum atomic E-state index is -0.980. The Kier molecular flexibility index (Phi) is 12.6. The van der Waals surface area contributed by atoms with E-state index in [2.05, 4.69) is 19.4 Å². The van der Waals surface area contributed by atoms with E-state index in [9.17, 15) is 28.3 Å². The van der Waals surface area contributed by atoms with Gasteiger partial charge in [-0.1, -0.05) is 24.3 Å². The van der Waals surface area contributed by atoms with Crippen molar-refractivity contribution in [1.29, 1.82) is 5.53 Å². The Morgan fingerprint density at radius 2 is 1.33 bits per heavy atom. The number of ketones is 1. The van der Waals surface area contributed by atoms with E-state index in [0.29, 0.717) is 11.1 Å². The molecule has 36 heavy (non-hydrogen) atoms. The van der Waals surface area contributed by atoms with Crippen molar-refractivity contribution in [1.82, 2.24) is 0 Å². The SMILES string of the molecule is CCOC(=O)C(=[N+]=[N-])C(=O)Cc1ccc(F)cc1.CCOC(=O)C(N=N)=C(O)Cc1ccc(F)cc1. The van der Waals surface area contributed by atoms with E-state index in [1.807, 2.05) is 0 Å². The number of nitrogens with zero attached hydrogens (tertiary/aromatic N) is 3. The van der Waals surface area contributed by atoms with Crippen molar-refractivity contribution in [3.8, 4) is 0 Å². The minimum Gasteiger partial charge on any atom is -0.509 e. The normalized spacial score (nSPS) is 10.6. The van der Waals surface area contributed by atoms with Crippen molar-refractivity contribution in [3.63, 3.8) is 0 Å². The van der Waals surface area contributed by atoms with Gasteiger partial charge in [0.25, 0.3) is 5.78 Å². The Labute approximate surface area is 205 Å². The summed E-state index contributed by atoms with van der Waals surface area (Å²) >= 11 is 0. The molecule has 0 atom stereocenters. The van der Waals surface area contributed by atoms with Crippen molar-refractivity contribution in [2.75, 3.05) is 13.2 Å². The second-order valence-corrected chi connectivity index (χ2v) is 6.83. The summed E-state index contributed by atoms with van der Waals surface area (Å²) in [6.45, 7) is 3.37. The van der Waals surface area contributed by atoms with Gasteiger partial charge in [0.2, 0.25) is 5.70 Å². The molecular weight excluding hydrogens is 478 g/mol. The van der Waals surface area contributed by atoms with E-state index in [1.54, 1.807) is 13.8 Å². The number of benzene rings is 2. The van der Waals surface area contributed by atoms with Crippen LogP contribution in [0.4, 0.5) is 8.78 Å². The van der Waals surface area contributed by atoms with E-state index in [4.69, 9.17) is 11.1 Å². The Bertz CT molecular complexity index is 1160. The molecule has 12 heteroatoms. The van der Waals surface area contributed by atoms with Crippen LogP contribution in [0.5, 0.6) is 0 Å². The summed E-state index contributed by atoms with van der Waals surface area (Å²) in [4.78, 5) is 36.9. The number of hydrogen-bond acceptors (Lipinski definition) is 8. The van der Waals surface area contributed by atoms with Crippen LogP contribution in [0.15, 0.2) is 65.1 Å². The van der Waals surface area contributed by atoms with Gasteiger partial charge in [0.05, 0.1) is 13.2 Å². The van der Waals surface area contributed by atoms with E-state index in [0.717, 1.165) is 0 Å². The van der Waals surface area contributed by atoms with Gasteiger partial charge in [-0.3, -0.25) is 4.79 Å². The Morgan fingerprint density at radius 3 is 1.75 bits per heavy atom. The standard InChI is InChI=1S/C12H13FN2O3.C12H11FN2O3/c2*1-2-18-12(17)11(15-14)10(16)7-8-3-5-9(13)6-4-8/h3-6,14,16H,2,7H2,1H3;3-6H,2,7H2,1H3. The molecule has 0 amide bonds. The zero-order chi connectivity index (χ0) is 27.1. The Hall–Kier alpha value is -4.57. The van der Waals surface area contributed by atoms with Crippen molar-refractivity contribution in [3.05, 3.63) is 88.3 Å². The first-order chi connectivity index (χ1) is 17.2. The minimum absolute atomic E-state index is 0.0171. The molecule has 2 N–H and O–H groups in total. The van der Waals surface area contributed by atoms with Gasteiger partial charge in [0, 0.05) is 12.8 Å². The summed E-state index contributed by atoms with van der Waals surface area (Å²) in [5.41, 5.74) is 15.5. The van der Waals surface area contributed by atoms with Crippen LogP contribution in [0.1, 0.15) is 25.0 Å². The summed E-state index contributed by atoms with van der Waals surface area (Å²) in [6.07, 6.45) is -0.185. The average Bonchev–Trinajstić information content (AvgIpc) is 2.84. The lowest BCUT2D eigenvalue weighted by Crippen LogP contribution is -2.28. The summed E-state index contributed by atoms with van der Waals surface area (Å²) in [5, 5.41) is 12.7. The first-order valence-electron chi connectivity index (χ1n) is 10.5. The van der Waals surface area contributed by atoms with Crippen LogP contribution < -0.4 is 0 Å². The number of halogens is 2. The first-order valence-corrected chi connectivity index (χ1v) is 10.5. The van der Waals surface area contributed by atoms with Crippen molar-refractivity contribution >= 4 is 23.4 Å². The van der Waals surface area contributed by atoms with Crippen LogP contribution in [-0.4, -0.2) is 46.5 Å². The first kappa shape index (κ1) is 29.5. The van der Waals surface area contributed by atoms with Crippen LogP contribution in [0.25, 0.3) is 5.53 Å². The number of aliphatic hydroxyl groups is 1. The van der Waals surface area contributed by atoms with Gasteiger partial charge in [0.1, 0.15) is 17.4 Å². The topological polar surface area (TPSA) is 163 Å².